The van der Waals surface area contributed by atoms with Gasteiger partial charge in [-0.1, -0.05) is 23.7 Å². The zero-order valence-electron chi connectivity index (χ0n) is 14.3. The summed E-state index contributed by atoms with van der Waals surface area (Å²) in [4.78, 5) is 4.45. The quantitative estimate of drug-likeness (QED) is 0.478. The number of ether oxygens (including phenoxy) is 1. The SMILES string of the molecule is COc1ccccc1-c1nccc2c(Nc3ccc(F)c(Cl)c3)c(N)oc12. The molecule has 136 valence electrons. The van der Waals surface area contributed by atoms with Crippen molar-refractivity contribution in [2.75, 3.05) is 18.2 Å². The van der Waals surface area contributed by atoms with Gasteiger partial charge in [-0.3, -0.25) is 4.98 Å². The summed E-state index contributed by atoms with van der Waals surface area (Å²) in [5, 5.41) is 3.90. The largest absolute Gasteiger partial charge is 0.496 e. The van der Waals surface area contributed by atoms with Crippen LogP contribution in [0.15, 0.2) is 59.1 Å². The molecule has 0 fully saturated rings. The Bertz CT molecular complexity index is 1140. The van der Waals surface area contributed by atoms with Crippen LogP contribution < -0.4 is 15.8 Å². The highest BCUT2D eigenvalue weighted by atomic mass is 35.5. The Kier molecular flexibility index (Phi) is 4.33. The van der Waals surface area contributed by atoms with Gasteiger partial charge in [0.2, 0.25) is 5.88 Å². The van der Waals surface area contributed by atoms with Gasteiger partial charge in [0.1, 0.15) is 22.9 Å². The van der Waals surface area contributed by atoms with Crippen LogP contribution in [0.3, 0.4) is 0 Å². The van der Waals surface area contributed by atoms with Crippen LogP contribution in [-0.2, 0) is 0 Å². The monoisotopic (exact) mass is 383 g/mol. The Labute approximate surface area is 159 Å². The Morgan fingerprint density at radius 2 is 2.00 bits per heavy atom. The summed E-state index contributed by atoms with van der Waals surface area (Å²) in [5.74, 6) is 0.372. The van der Waals surface area contributed by atoms with Crippen LogP contribution in [0.25, 0.3) is 22.2 Å². The molecule has 0 unspecified atom stereocenters. The summed E-state index contributed by atoms with van der Waals surface area (Å²) in [6.07, 6.45) is 1.67. The van der Waals surface area contributed by atoms with Crippen LogP contribution in [0.5, 0.6) is 5.75 Å². The molecule has 4 rings (SSSR count). The van der Waals surface area contributed by atoms with Crippen molar-refractivity contribution >= 4 is 39.8 Å². The van der Waals surface area contributed by atoms with Gasteiger partial charge < -0.3 is 20.2 Å². The smallest absolute Gasteiger partial charge is 0.215 e. The maximum atomic E-state index is 13.4. The number of nitrogens with two attached hydrogens (primary N) is 1. The van der Waals surface area contributed by atoms with Gasteiger partial charge in [-0.25, -0.2) is 4.39 Å². The maximum absolute atomic E-state index is 13.4. The lowest BCUT2D eigenvalue weighted by Crippen LogP contribution is -1.94. The Morgan fingerprint density at radius 1 is 1.19 bits per heavy atom. The number of nitrogens with one attached hydrogen (secondary N) is 1. The second-order valence-electron chi connectivity index (χ2n) is 5.83. The van der Waals surface area contributed by atoms with E-state index in [0.29, 0.717) is 28.4 Å². The summed E-state index contributed by atoms with van der Waals surface area (Å²) < 4.78 is 24.6. The number of fused-ring (bicyclic) bond motifs is 1. The van der Waals surface area contributed by atoms with Crippen molar-refractivity contribution in [3.8, 4) is 17.0 Å². The lowest BCUT2D eigenvalue weighted by atomic mass is 10.1. The third kappa shape index (κ3) is 3.04. The predicted molar refractivity (Wildman–Crippen MR) is 105 cm³/mol. The number of halogens is 2. The van der Waals surface area contributed by atoms with E-state index in [1.54, 1.807) is 25.4 Å². The van der Waals surface area contributed by atoms with E-state index in [9.17, 15) is 4.39 Å². The van der Waals surface area contributed by atoms with Crippen LogP contribution in [0.2, 0.25) is 5.02 Å². The molecular weight excluding hydrogens is 369 g/mol. The minimum absolute atomic E-state index is 0.0164. The molecule has 0 aliphatic carbocycles. The van der Waals surface area contributed by atoms with E-state index in [4.69, 9.17) is 26.5 Å². The highest BCUT2D eigenvalue weighted by Crippen LogP contribution is 2.41. The van der Waals surface area contributed by atoms with Crippen LogP contribution in [-0.4, -0.2) is 12.1 Å². The van der Waals surface area contributed by atoms with Gasteiger partial charge in [-0.05, 0) is 36.4 Å². The second-order valence-corrected chi connectivity index (χ2v) is 6.24. The molecule has 0 bridgehead atoms. The number of nitrogen functional groups attached to an aromatic ring is 1. The van der Waals surface area contributed by atoms with Crippen molar-refractivity contribution in [2.45, 2.75) is 0 Å². The van der Waals surface area contributed by atoms with E-state index in [2.05, 4.69) is 10.3 Å². The molecule has 0 saturated heterocycles. The molecule has 0 aliphatic rings. The van der Waals surface area contributed by atoms with E-state index in [0.717, 1.165) is 10.9 Å². The second kappa shape index (κ2) is 6.81. The minimum atomic E-state index is -0.491. The van der Waals surface area contributed by atoms with Crippen molar-refractivity contribution in [2.24, 2.45) is 0 Å². The molecule has 4 aromatic rings. The standard InChI is InChI=1S/C20H15ClFN3O2/c1-26-16-5-3-2-4-12(16)17-19-13(8-9-24-17)18(20(23)27-19)25-11-6-7-15(22)14(21)10-11/h2-10,25H,23H2,1H3. The average molecular weight is 384 g/mol. The topological polar surface area (TPSA) is 73.3 Å². The van der Waals surface area contributed by atoms with Crippen LogP contribution >= 0.6 is 11.6 Å². The van der Waals surface area contributed by atoms with Gasteiger partial charge >= 0.3 is 0 Å². The molecule has 0 amide bonds. The van der Waals surface area contributed by atoms with Gasteiger partial charge in [0.15, 0.2) is 5.58 Å². The number of benzene rings is 2. The summed E-state index contributed by atoms with van der Waals surface area (Å²) in [7, 11) is 1.60. The van der Waals surface area contributed by atoms with Gasteiger partial charge in [0.05, 0.1) is 17.5 Å². The van der Waals surface area contributed by atoms with Crippen LogP contribution in [0, 0.1) is 5.82 Å². The molecule has 3 N–H and O–H groups in total. The summed E-state index contributed by atoms with van der Waals surface area (Å²) in [5.41, 5.74) is 9.17. The van der Waals surface area contributed by atoms with Crippen molar-refractivity contribution in [3.63, 3.8) is 0 Å². The number of hydrogen-bond acceptors (Lipinski definition) is 5. The first-order valence-electron chi connectivity index (χ1n) is 8.11. The molecule has 0 spiro atoms. The van der Waals surface area contributed by atoms with Crippen molar-refractivity contribution in [1.29, 1.82) is 0 Å². The van der Waals surface area contributed by atoms with Gasteiger partial charge in [0, 0.05) is 17.4 Å². The zero-order valence-corrected chi connectivity index (χ0v) is 15.0. The van der Waals surface area contributed by atoms with E-state index in [1.165, 1.54) is 12.1 Å². The number of furan rings is 1. The molecule has 0 saturated carbocycles. The van der Waals surface area contributed by atoms with E-state index >= 15 is 0 Å². The van der Waals surface area contributed by atoms with E-state index in [1.807, 2.05) is 24.3 Å². The van der Waals surface area contributed by atoms with E-state index < -0.39 is 5.82 Å². The van der Waals surface area contributed by atoms with Crippen molar-refractivity contribution < 1.29 is 13.5 Å². The number of anilines is 3. The van der Waals surface area contributed by atoms with Crippen LogP contribution in [0.4, 0.5) is 21.6 Å². The maximum Gasteiger partial charge on any atom is 0.215 e. The van der Waals surface area contributed by atoms with Crippen LogP contribution in [0.1, 0.15) is 0 Å². The van der Waals surface area contributed by atoms with Crippen molar-refractivity contribution in [1.82, 2.24) is 4.98 Å². The average Bonchev–Trinajstić information content (AvgIpc) is 3.00. The number of rotatable bonds is 4. The third-order valence-electron chi connectivity index (χ3n) is 4.18. The van der Waals surface area contributed by atoms with Gasteiger partial charge in [-0.15, -0.1) is 0 Å². The molecule has 0 radical (unpaired) electrons. The summed E-state index contributed by atoms with van der Waals surface area (Å²) in [6, 6.07) is 13.6. The summed E-state index contributed by atoms with van der Waals surface area (Å²) in [6.45, 7) is 0. The number of pyridine rings is 1. The number of methoxy groups -OCH3 is 1. The zero-order chi connectivity index (χ0) is 19.0. The number of para-hydroxylation sites is 1. The molecule has 0 aliphatic heterocycles. The first-order valence-corrected chi connectivity index (χ1v) is 8.48. The summed E-state index contributed by atoms with van der Waals surface area (Å²) >= 11 is 5.86. The van der Waals surface area contributed by atoms with E-state index in [-0.39, 0.29) is 10.9 Å². The molecule has 0 atom stereocenters. The molecule has 2 aromatic carbocycles. The predicted octanol–water partition coefficient (Wildman–Crippen LogP) is 5.62. The van der Waals surface area contributed by atoms with Crippen molar-refractivity contribution in [3.05, 3.63) is 65.6 Å². The molecule has 27 heavy (non-hydrogen) atoms. The lowest BCUT2D eigenvalue weighted by Gasteiger charge is -2.08. The molecule has 5 nitrogen and oxygen atoms in total. The third-order valence-corrected chi connectivity index (χ3v) is 4.47. The normalized spacial score (nSPS) is 10.9. The Hall–Kier alpha value is -3.25. The number of hydrogen-bond donors (Lipinski definition) is 2. The fraction of sp³-hybridized carbons (Fsp3) is 0.0500. The first-order chi connectivity index (χ1) is 13.1. The molecular formula is C20H15ClFN3O2. The molecule has 2 heterocycles. The Balaban J connectivity index is 1.85. The number of nitrogens with zero attached hydrogens (tertiary/aromatic N) is 1. The lowest BCUT2D eigenvalue weighted by molar-refractivity contribution is 0.416. The minimum Gasteiger partial charge on any atom is -0.496 e. The fourth-order valence-corrected chi connectivity index (χ4v) is 3.10. The fourth-order valence-electron chi connectivity index (χ4n) is 2.92. The van der Waals surface area contributed by atoms with Gasteiger partial charge in [-0.2, -0.15) is 0 Å². The number of aromatic nitrogens is 1. The molecule has 7 heteroatoms. The Morgan fingerprint density at radius 3 is 2.78 bits per heavy atom. The first kappa shape index (κ1) is 17.2. The molecule has 2 aromatic heterocycles. The highest BCUT2D eigenvalue weighted by Gasteiger charge is 2.19. The highest BCUT2D eigenvalue weighted by molar-refractivity contribution is 6.31. The van der Waals surface area contributed by atoms with Gasteiger partial charge in [0.25, 0.3) is 0 Å².